The van der Waals surface area contributed by atoms with Crippen molar-refractivity contribution in [2.75, 3.05) is 19.6 Å². The highest BCUT2D eigenvalue weighted by Gasteiger charge is 2.33. The maximum Gasteiger partial charge on any atom is 0.244 e. The first kappa shape index (κ1) is 15.0. The molecule has 1 aliphatic rings. The molecule has 18 heavy (non-hydrogen) atoms. The molecule has 0 radical (unpaired) electrons. The van der Waals surface area contributed by atoms with Crippen LogP contribution in [0.4, 0.5) is 0 Å². The van der Waals surface area contributed by atoms with Crippen LogP contribution in [0.2, 0.25) is 0 Å². The van der Waals surface area contributed by atoms with Gasteiger partial charge in [-0.3, -0.25) is 14.5 Å². The van der Waals surface area contributed by atoms with E-state index >= 15 is 0 Å². The smallest absolute Gasteiger partial charge is 0.244 e. The van der Waals surface area contributed by atoms with Crippen molar-refractivity contribution in [1.82, 2.24) is 15.1 Å². The molecular formula is C13H25N3O2. The number of rotatable bonds is 3. The number of amides is 2. The minimum absolute atomic E-state index is 0.0695. The lowest BCUT2D eigenvalue weighted by Crippen LogP contribution is -2.61. The first-order valence-electron chi connectivity index (χ1n) is 6.51. The topological polar surface area (TPSA) is 52.7 Å². The molecule has 0 saturated carbocycles. The summed E-state index contributed by atoms with van der Waals surface area (Å²) >= 11 is 0. The molecule has 1 heterocycles. The minimum atomic E-state index is -0.377. The molecule has 1 N–H and O–H groups in total. The summed E-state index contributed by atoms with van der Waals surface area (Å²) in [4.78, 5) is 27.1. The van der Waals surface area contributed by atoms with Gasteiger partial charge in [0.2, 0.25) is 12.3 Å². The van der Waals surface area contributed by atoms with Crippen LogP contribution in [-0.2, 0) is 9.59 Å². The Hall–Kier alpha value is -1.10. The lowest BCUT2D eigenvalue weighted by Gasteiger charge is -2.41. The molecule has 1 atom stereocenters. The van der Waals surface area contributed by atoms with E-state index < -0.39 is 0 Å². The second kappa shape index (κ2) is 5.69. The van der Waals surface area contributed by atoms with Gasteiger partial charge in [-0.15, -0.1) is 0 Å². The number of carbonyl (C=O) groups excluding carboxylic acids is 2. The molecule has 0 aromatic rings. The van der Waals surface area contributed by atoms with Crippen molar-refractivity contribution in [3.05, 3.63) is 0 Å². The maximum absolute atomic E-state index is 12.2. The van der Waals surface area contributed by atoms with E-state index in [9.17, 15) is 9.59 Å². The van der Waals surface area contributed by atoms with Crippen LogP contribution in [0.3, 0.4) is 0 Å². The average molecular weight is 255 g/mol. The average Bonchev–Trinajstić information content (AvgIpc) is 2.25. The Bertz CT molecular complexity index is 310. The highest BCUT2D eigenvalue weighted by molar-refractivity contribution is 5.84. The molecule has 1 fully saturated rings. The van der Waals surface area contributed by atoms with Gasteiger partial charge in [-0.25, -0.2) is 0 Å². The number of piperazine rings is 1. The van der Waals surface area contributed by atoms with E-state index in [1.165, 1.54) is 0 Å². The van der Waals surface area contributed by atoms with E-state index in [0.29, 0.717) is 19.1 Å². The molecule has 2 amide bonds. The molecule has 1 aliphatic heterocycles. The summed E-state index contributed by atoms with van der Waals surface area (Å²) in [6.07, 6.45) is 0.782. The third-order valence-electron chi connectivity index (χ3n) is 3.12. The Morgan fingerprint density at radius 3 is 2.39 bits per heavy atom. The highest BCUT2D eigenvalue weighted by atomic mass is 16.2. The lowest BCUT2D eigenvalue weighted by molar-refractivity contribution is -0.137. The van der Waals surface area contributed by atoms with Crippen molar-refractivity contribution in [1.29, 1.82) is 0 Å². The van der Waals surface area contributed by atoms with Crippen molar-refractivity contribution < 1.29 is 9.59 Å². The molecule has 5 heteroatoms. The number of hydrogen-bond acceptors (Lipinski definition) is 3. The SMILES string of the molecule is CC(C)N1CCN(C=O)C(C(=O)NC(C)(C)C)C1. The van der Waals surface area contributed by atoms with Crippen LogP contribution < -0.4 is 5.32 Å². The van der Waals surface area contributed by atoms with E-state index in [4.69, 9.17) is 0 Å². The van der Waals surface area contributed by atoms with Gasteiger partial charge in [0.25, 0.3) is 0 Å². The van der Waals surface area contributed by atoms with Gasteiger partial charge in [0, 0.05) is 31.2 Å². The van der Waals surface area contributed by atoms with Crippen LogP contribution in [0.15, 0.2) is 0 Å². The zero-order valence-electron chi connectivity index (χ0n) is 12.1. The molecule has 1 unspecified atom stereocenters. The highest BCUT2D eigenvalue weighted by Crippen LogP contribution is 2.12. The predicted molar refractivity (Wildman–Crippen MR) is 71.2 cm³/mol. The molecule has 0 aliphatic carbocycles. The van der Waals surface area contributed by atoms with Crippen LogP contribution in [0, 0.1) is 0 Å². The summed E-state index contributed by atoms with van der Waals surface area (Å²) in [6.45, 7) is 12.1. The summed E-state index contributed by atoms with van der Waals surface area (Å²) in [5.74, 6) is -0.0695. The van der Waals surface area contributed by atoms with E-state index in [1.807, 2.05) is 20.8 Å². The fourth-order valence-electron chi connectivity index (χ4n) is 2.10. The van der Waals surface area contributed by atoms with Gasteiger partial charge < -0.3 is 10.2 Å². The largest absolute Gasteiger partial charge is 0.350 e. The summed E-state index contributed by atoms with van der Waals surface area (Å²) in [5.41, 5.74) is -0.272. The van der Waals surface area contributed by atoms with Crippen LogP contribution >= 0.6 is 0 Å². The van der Waals surface area contributed by atoms with Gasteiger partial charge in [0.05, 0.1) is 0 Å². The third kappa shape index (κ3) is 3.98. The first-order valence-corrected chi connectivity index (χ1v) is 6.51. The third-order valence-corrected chi connectivity index (χ3v) is 3.12. The summed E-state index contributed by atoms with van der Waals surface area (Å²) in [7, 11) is 0. The zero-order chi connectivity index (χ0) is 13.9. The van der Waals surface area contributed by atoms with Gasteiger partial charge in [-0.05, 0) is 34.6 Å². The Morgan fingerprint density at radius 2 is 1.94 bits per heavy atom. The second-order valence-electron chi connectivity index (χ2n) is 6.19. The Kier molecular flexibility index (Phi) is 4.73. The van der Waals surface area contributed by atoms with Gasteiger partial charge in [0.1, 0.15) is 6.04 Å². The zero-order valence-corrected chi connectivity index (χ0v) is 12.1. The predicted octanol–water partition coefficient (Wildman–Crippen LogP) is 0.452. The quantitative estimate of drug-likeness (QED) is 0.745. The number of nitrogens with zero attached hydrogens (tertiary/aromatic N) is 2. The molecule has 1 saturated heterocycles. The fraction of sp³-hybridized carbons (Fsp3) is 0.846. The minimum Gasteiger partial charge on any atom is -0.350 e. The lowest BCUT2D eigenvalue weighted by atomic mass is 10.1. The van der Waals surface area contributed by atoms with E-state index in [-0.39, 0.29) is 17.5 Å². The fourth-order valence-corrected chi connectivity index (χ4v) is 2.10. The Balaban J connectivity index is 2.74. The van der Waals surface area contributed by atoms with Crippen molar-refractivity contribution in [3.63, 3.8) is 0 Å². The molecule has 0 aromatic carbocycles. The van der Waals surface area contributed by atoms with Gasteiger partial charge in [-0.2, -0.15) is 0 Å². The van der Waals surface area contributed by atoms with Crippen LogP contribution in [0.1, 0.15) is 34.6 Å². The number of nitrogens with one attached hydrogen (secondary N) is 1. The number of hydrogen-bond donors (Lipinski definition) is 1. The van der Waals surface area contributed by atoms with Crippen molar-refractivity contribution in [3.8, 4) is 0 Å². The first-order chi connectivity index (χ1) is 8.24. The van der Waals surface area contributed by atoms with E-state index in [2.05, 4.69) is 24.1 Å². The normalized spacial score (nSPS) is 22.1. The molecular weight excluding hydrogens is 230 g/mol. The Morgan fingerprint density at radius 1 is 1.33 bits per heavy atom. The van der Waals surface area contributed by atoms with E-state index in [0.717, 1.165) is 13.0 Å². The van der Waals surface area contributed by atoms with Crippen molar-refractivity contribution in [2.45, 2.75) is 52.2 Å². The number of carbonyl (C=O) groups is 2. The van der Waals surface area contributed by atoms with Crippen molar-refractivity contribution >= 4 is 12.3 Å². The monoisotopic (exact) mass is 255 g/mol. The second-order valence-corrected chi connectivity index (χ2v) is 6.19. The summed E-state index contributed by atoms with van der Waals surface area (Å²) in [6, 6.07) is 0.0154. The van der Waals surface area contributed by atoms with Gasteiger partial charge in [0.15, 0.2) is 0 Å². The summed E-state index contributed by atoms with van der Waals surface area (Å²) < 4.78 is 0. The van der Waals surface area contributed by atoms with Crippen LogP contribution in [-0.4, -0.2) is 59.4 Å². The van der Waals surface area contributed by atoms with Crippen molar-refractivity contribution in [2.24, 2.45) is 0 Å². The molecule has 0 aromatic heterocycles. The van der Waals surface area contributed by atoms with Crippen LogP contribution in [0.5, 0.6) is 0 Å². The molecule has 0 spiro atoms. The molecule has 5 nitrogen and oxygen atoms in total. The van der Waals surface area contributed by atoms with Gasteiger partial charge >= 0.3 is 0 Å². The standard InChI is InChI=1S/C13H25N3O2/c1-10(2)15-6-7-16(9-17)11(8-15)12(18)14-13(3,4)5/h9-11H,6-8H2,1-5H3,(H,14,18). The maximum atomic E-state index is 12.2. The van der Waals surface area contributed by atoms with Crippen LogP contribution in [0.25, 0.3) is 0 Å². The van der Waals surface area contributed by atoms with Gasteiger partial charge in [-0.1, -0.05) is 0 Å². The summed E-state index contributed by atoms with van der Waals surface area (Å²) in [5, 5.41) is 2.95. The molecule has 1 rings (SSSR count). The molecule has 0 bridgehead atoms. The van der Waals surface area contributed by atoms with E-state index in [1.54, 1.807) is 4.90 Å². The Labute approximate surface area is 110 Å². The molecule has 104 valence electrons.